The van der Waals surface area contributed by atoms with E-state index in [1.165, 1.54) is 5.56 Å². The number of hydrogen-bond donors (Lipinski definition) is 2. The molecule has 2 heterocycles. The van der Waals surface area contributed by atoms with Gasteiger partial charge in [-0.25, -0.2) is 4.79 Å². The van der Waals surface area contributed by atoms with Crippen molar-refractivity contribution in [3.05, 3.63) is 59.9 Å². The molecule has 2 N–H and O–H groups in total. The van der Waals surface area contributed by atoms with Crippen molar-refractivity contribution in [1.82, 2.24) is 9.55 Å². The first-order chi connectivity index (χ1) is 8.74. The van der Waals surface area contributed by atoms with Crippen LogP contribution in [0.4, 0.5) is 0 Å². The Labute approximate surface area is 152 Å². The molecule has 0 aliphatic carbocycles. The number of aromatic carboxylic acids is 1. The molecule has 0 aliphatic rings. The molecule has 5 heteroatoms. The molecule has 0 aliphatic heterocycles. The van der Waals surface area contributed by atoms with Crippen LogP contribution >= 0.6 is 0 Å². The van der Waals surface area contributed by atoms with Crippen LogP contribution in [0.5, 0.6) is 0 Å². The van der Waals surface area contributed by atoms with Crippen LogP contribution in [0.1, 0.15) is 16.1 Å². The number of H-pyrrole nitrogens is 1. The molecule has 92 valence electrons. The third-order valence-corrected chi connectivity index (χ3v) is 2.98. The summed E-state index contributed by atoms with van der Waals surface area (Å²) in [5, 5.41) is 8.94. The quantitative estimate of drug-likeness (QED) is 0.722. The van der Waals surface area contributed by atoms with Gasteiger partial charge in [-0.1, -0.05) is 30.3 Å². The number of aromatic nitrogens is 2. The second-order valence-corrected chi connectivity index (χ2v) is 4.22. The standard InChI is InChI=1S/C14H12N2O2.K.H/c17-14(18)12-8-13-11(15-12)6-7-16(13)9-10-4-2-1-3-5-10;;/h1-8,15H,9H2,(H,17,18);;. The van der Waals surface area contributed by atoms with Crippen LogP contribution in [-0.4, -0.2) is 72.0 Å². The van der Waals surface area contributed by atoms with Gasteiger partial charge in [0.2, 0.25) is 0 Å². The van der Waals surface area contributed by atoms with Crippen molar-refractivity contribution in [2.45, 2.75) is 6.54 Å². The van der Waals surface area contributed by atoms with Crippen molar-refractivity contribution < 1.29 is 9.90 Å². The summed E-state index contributed by atoms with van der Waals surface area (Å²) in [6.07, 6.45) is 1.96. The van der Waals surface area contributed by atoms with Crippen molar-refractivity contribution in [1.29, 1.82) is 0 Å². The Morgan fingerprint density at radius 2 is 1.95 bits per heavy atom. The summed E-state index contributed by atoms with van der Waals surface area (Å²) in [5.41, 5.74) is 3.18. The average Bonchev–Trinajstić information content (AvgIpc) is 2.93. The number of fused-ring (bicyclic) bond motifs is 1. The fourth-order valence-electron chi connectivity index (χ4n) is 2.10. The van der Waals surface area contributed by atoms with Crippen LogP contribution in [0.15, 0.2) is 48.7 Å². The fraction of sp³-hybridized carbons (Fsp3) is 0.0714. The minimum absolute atomic E-state index is 0. The summed E-state index contributed by atoms with van der Waals surface area (Å²) in [6, 6.07) is 13.6. The van der Waals surface area contributed by atoms with Gasteiger partial charge in [-0.2, -0.15) is 0 Å². The molecule has 0 amide bonds. The van der Waals surface area contributed by atoms with Gasteiger partial charge in [0.05, 0.1) is 11.0 Å². The molecule has 0 saturated carbocycles. The van der Waals surface area contributed by atoms with Crippen LogP contribution in [0.25, 0.3) is 11.0 Å². The van der Waals surface area contributed by atoms with Crippen molar-refractivity contribution in [3.8, 4) is 0 Å². The van der Waals surface area contributed by atoms with Crippen molar-refractivity contribution in [2.75, 3.05) is 0 Å². The van der Waals surface area contributed by atoms with E-state index in [1.807, 2.05) is 35.0 Å². The molecule has 0 radical (unpaired) electrons. The van der Waals surface area contributed by atoms with E-state index in [0.717, 1.165) is 17.6 Å². The van der Waals surface area contributed by atoms with Gasteiger partial charge in [-0.05, 0) is 17.7 Å². The normalized spacial score (nSPS) is 10.3. The van der Waals surface area contributed by atoms with Gasteiger partial charge in [-0.15, -0.1) is 0 Å². The summed E-state index contributed by atoms with van der Waals surface area (Å²) >= 11 is 0. The van der Waals surface area contributed by atoms with Crippen LogP contribution in [0, 0.1) is 0 Å². The Bertz CT molecular complexity index is 701. The number of rotatable bonds is 3. The van der Waals surface area contributed by atoms with Gasteiger partial charge >= 0.3 is 57.4 Å². The SMILES string of the molecule is O=C(O)c1cc2c(ccn2Cc2ccccc2)[nH]1.[KH]. The Kier molecular flexibility index (Phi) is 4.65. The number of nitrogens with zero attached hydrogens (tertiary/aromatic N) is 1. The average molecular weight is 280 g/mol. The molecule has 3 aromatic rings. The van der Waals surface area contributed by atoms with Gasteiger partial charge in [-0.3, -0.25) is 0 Å². The van der Waals surface area contributed by atoms with Crippen LogP contribution in [-0.2, 0) is 6.54 Å². The topological polar surface area (TPSA) is 58.0 Å². The Morgan fingerprint density at radius 3 is 2.63 bits per heavy atom. The zero-order chi connectivity index (χ0) is 12.5. The predicted octanol–water partition coefficient (Wildman–Crippen LogP) is 2.07. The minimum atomic E-state index is -0.933. The maximum atomic E-state index is 10.9. The fourth-order valence-corrected chi connectivity index (χ4v) is 2.10. The molecule has 0 bridgehead atoms. The summed E-state index contributed by atoms with van der Waals surface area (Å²) in [5.74, 6) is -0.933. The Balaban J connectivity index is 0.00000133. The van der Waals surface area contributed by atoms with Crippen molar-refractivity contribution in [2.24, 2.45) is 0 Å². The van der Waals surface area contributed by atoms with E-state index in [0.29, 0.717) is 0 Å². The van der Waals surface area contributed by atoms with Crippen molar-refractivity contribution >= 4 is 68.4 Å². The molecule has 1 aromatic carbocycles. The molecule has 19 heavy (non-hydrogen) atoms. The Morgan fingerprint density at radius 1 is 1.21 bits per heavy atom. The number of carboxylic acid groups (broad SMARTS) is 1. The molecule has 2 aromatic heterocycles. The first-order valence-corrected chi connectivity index (χ1v) is 5.69. The molecular formula is C14H13KN2O2. The van der Waals surface area contributed by atoms with Crippen LogP contribution in [0.3, 0.4) is 0 Å². The summed E-state index contributed by atoms with van der Waals surface area (Å²) in [6.45, 7) is 0.737. The third kappa shape index (κ3) is 3.01. The first-order valence-electron chi connectivity index (χ1n) is 5.69. The number of carboxylic acids is 1. The molecular weight excluding hydrogens is 267 g/mol. The molecule has 4 nitrogen and oxygen atoms in total. The van der Waals surface area contributed by atoms with Crippen LogP contribution in [0.2, 0.25) is 0 Å². The third-order valence-electron chi connectivity index (χ3n) is 2.98. The second-order valence-electron chi connectivity index (χ2n) is 4.22. The van der Waals surface area contributed by atoms with Crippen LogP contribution < -0.4 is 0 Å². The molecule has 0 fully saturated rings. The van der Waals surface area contributed by atoms with E-state index in [9.17, 15) is 4.79 Å². The van der Waals surface area contributed by atoms with E-state index in [1.54, 1.807) is 6.07 Å². The van der Waals surface area contributed by atoms with Gasteiger partial charge in [0.1, 0.15) is 5.69 Å². The molecule has 3 rings (SSSR count). The van der Waals surface area contributed by atoms with Gasteiger partial charge < -0.3 is 14.7 Å². The van der Waals surface area contributed by atoms with Crippen molar-refractivity contribution in [3.63, 3.8) is 0 Å². The van der Waals surface area contributed by atoms with E-state index < -0.39 is 5.97 Å². The monoisotopic (exact) mass is 280 g/mol. The van der Waals surface area contributed by atoms with Gasteiger partial charge in [0, 0.05) is 12.7 Å². The number of carbonyl (C=O) groups is 1. The van der Waals surface area contributed by atoms with Gasteiger partial charge in [0.15, 0.2) is 0 Å². The number of benzene rings is 1. The zero-order valence-electron chi connectivity index (χ0n) is 9.63. The molecule has 0 atom stereocenters. The summed E-state index contributed by atoms with van der Waals surface area (Å²) < 4.78 is 2.04. The predicted molar refractivity (Wildman–Crippen MR) is 75.9 cm³/mol. The maximum absolute atomic E-state index is 10.9. The van der Waals surface area contributed by atoms with E-state index in [2.05, 4.69) is 17.1 Å². The van der Waals surface area contributed by atoms with E-state index in [-0.39, 0.29) is 57.1 Å². The zero-order valence-corrected chi connectivity index (χ0v) is 9.63. The van der Waals surface area contributed by atoms with E-state index in [4.69, 9.17) is 5.11 Å². The second kappa shape index (κ2) is 6.07. The van der Waals surface area contributed by atoms with Gasteiger partial charge in [0.25, 0.3) is 0 Å². The Hall–Kier alpha value is -0.854. The molecule has 0 saturated heterocycles. The summed E-state index contributed by atoms with van der Waals surface area (Å²) in [7, 11) is 0. The van der Waals surface area contributed by atoms with E-state index >= 15 is 0 Å². The first kappa shape index (κ1) is 14.6. The molecule has 0 spiro atoms. The number of hydrogen-bond acceptors (Lipinski definition) is 1. The number of aromatic amines is 1. The molecule has 0 unspecified atom stereocenters. The summed E-state index contributed by atoms with van der Waals surface area (Å²) in [4.78, 5) is 13.8. The number of nitrogens with one attached hydrogen (secondary N) is 1.